The molecule has 0 unspecified atom stereocenters. The van der Waals surface area contributed by atoms with Crippen LogP contribution in [-0.2, 0) is 16.6 Å². The van der Waals surface area contributed by atoms with E-state index in [1.807, 2.05) is 47.9 Å². The molecule has 3 aromatic carbocycles. The molecule has 0 fully saturated rings. The highest BCUT2D eigenvalue weighted by Crippen LogP contribution is 2.30. The predicted molar refractivity (Wildman–Crippen MR) is 159 cm³/mol. The summed E-state index contributed by atoms with van der Waals surface area (Å²) in [5.41, 5.74) is 8.08. The molecule has 4 aromatic rings. The Bertz CT molecular complexity index is 1480. The second-order valence-corrected chi connectivity index (χ2v) is 11.2. The Hall–Kier alpha value is -4.17. The molecule has 7 nitrogen and oxygen atoms in total. The minimum atomic E-state index is -0.299. The summed E-state index contributed by atoms with van der Waals surface area (Å²) in [6, 6.07) is 21.8. The van der Waals surface area contributed by atoms with Crippen molar-refractivity contribution in [2.24, 2.45) is 5.10 Å². The summed E-state index contributed by atoms with van der Waals surface area (Å²) < 4.78 is 1.97. The molecule has 0 saturated heterocycles. The third-order valence-electron chi connectivity index (χ3n) is 6.17. The minimum Gasteiger partial charge on any atom is -0.507 e. The summed E-state index contributed by atoms with van der Waals surface area (Å²) in [5.74, 6) is 0.619. The van der Waals surface area contributed by atoms with Crippen molar-refractivity contribution in [1.82, 2.24) is 20.2 Å². The number of rotatable bonds is 9. The first-order valence-electron chi connectivity index (χ1n) is 12.7. The molecule has 0 aliphatic heterocycles. The number of aryl methyl sites for hydroxylation is 1. The first-order chi connectivity index (χ1) is 18.7. The molecule has 1 amide bonds. The normalized spacial score (nSPS) is 11.6. The van der Waals surface area contributed by atoms with Crippen LogP contribution in [0.4, 0.5) is 0 Å². The van der Waals surface area contributed by atoms with Crippen LogP contribution in [-0.4, -0.2) is 37.7 Å². The van der Waals surface area contributed by atoms with Gasteiger partial charge in [0.25, 0.3) is 5.91 Å². The number of allylic oxidation sites excluding steroid dienone is 1. The Kier molecular flexibility index (Phi) is 8.66. The van der Waals surface area contributed by atoms with Crippen molar-refractivity contribution in [2.45, 2.75) is 44.7 Å². The molecule has 4 rings (SSSR count). The molecule has 1 aromatic heterocycles. The quantitative estimate of drug-likeness (QED) is 0.114. The first kappa shape index (κ1) is 27.9. The van der Waals surface area contributed by atoms with E-state index in [1.165, 1.54) is 23.5 Å². The van der Waals surface area contributed by atoms with Gasteiger partial charge in [0, 0.05) is 16.8 Å². The Labute approximate surface area is 233 Å². The molecular weight excluding hydrogens is 506 g/mol. The van der Waals surface area contributed by atoms with E-state index in [0.29, 0.717) is 23.0 Å². The van der Waals surface area contributed by atoms with Crippen LogP contribution in [0.15, 0.2) is 89.6 Å². The summed E-state index contributed by atoms with van der Waals surface area (Å²) >= 11 is 1.28. The molecule has 8 heteroatoms. The van der Waals surface area contributed by atoms with Crippen LogP contribution in [0, 0.1) is 6.92 Å². The van der Waals surface area contributed by atoms with E-state index in [1.54, 1.807) is 12.1 Å². The van der Waals surface area contributed by atoms with Crippen LogP contribution in [0.25, 0.3) is 17.1 Å². The third kappa shape index (κ3) is 6.83. The molecule has 0 radical (unpaired) electrons. The second-order valence-electron chi connectivity index (χ2n) is 10.2. The van der Waals surface area contributed by atoms with E-state index in [9.17, 15) is 9.90 Å². The van der Waals surface area contributed by atoms with Gasteiger partial charge in [-0.2, -0.15) is 5.10 Å². The fourth-order valence-electron chi connectivity index (χ4n) is 3.97. The number of para-hydroxylation sites is 1. The van der Waals surface area contributed by atoms with E-state index in [2.05, 4.69) is 72.3 Å². The number of thioether (sulfide) groups is 1. The van der Waals surface area contributed by atoms with Crippen LogP contribution in [0.3, 0.4) is 0 Å². The highest BCUT2D eigenvalue weighted by molar-refractivity contribution is 7.99. The fourth-order valence-corrected chi connectivity index (χ4v) is 4.71. The average molecular weight is 540 g/mol. The molecule has 0 saturated carbocycles. The molecule has 0 spiro atoms. The van der Waals surface area contributed by atoms with Gasteiger partial charge in [-0.25, -0.2) is 5.43 Å². The summed E-state index contributed by atoms with van der Waals surface area (Å²) in [4.78, 5) is 12.6. The molecule has 200 valence electrons. The van der Waals surface area contributed by atoms with Crippen LogP contribution in [0.5, 0.6) is 5.75 Å². The van der Waals surface area contributed by atoms with E-state index < -0.39 is 0 Å². The maximum absolute atomic E-state index is 12.6. The van der Waals surface area contributed by atoms with Crippen molar-refractivity contribution < 1.29 is 9.90 Å². The number of amides is 1. The van der Waals surface area contributed by atoms with Crippen molar-refractivity contribution in [1.29, 1.82) is 0 Å². The van der Waals surface area contributed by atoms with E-state index in [0.717, 1.165) is 22.4 Å². The van der Waals surface area contributed by atoms with Gasteiger partial charge < -0.3 is 5.11 Å². The van der Waals surface area contributed by atoms with Gasteiger partial charge in [0.2, 0.25) is 0 Å². The van der Waals surface area contributed by atoms with Gasteiger partial charge in [-0.1, -0.05) is 92.7 Å². The smallest absolute Gasteiger partial charge is 0.250 e. The molecular formula is C31H33N5O2S. The number of hydrogen-bond donors (Lipinski definition) is 2. The molecule has 0 aliphatic rings. The van der Waals surface area contributed by atoms with Gasteiger partial charge in [0.05, 0.1) is 12.0 Å². The van der Waals surface area contributed by atoms with Crippen molar-refractivity contribution in [3.63, 3.8) is 0 Å². The van der Waals surface area contributed by atoms with Gasteiger partial charge in [-0.3, -0.25) is 9.36 Å². The molecule has 2 N–H and O–H groups in total. The standard InChI is InChI=1S/C31H33N5O2S/c1-6-8-22-9-7-10-24(28(22)38)19-32-33-27(37)20-39-30-35-34-29(36(30)26-17-11-21(2)12-18-26)23-13-15-25(16-14-23)31(3,4)5/h6-7,9-19,38H,1,8,20H2,2-5H3,(H,33,37). The van der Waals surface area contributed by atoms with Crippen LogP contribution in [0.1, 0.15) is 43.0 Å². The first-order valence-corrected chi connectivity index (χ1v) is 13.7. The Morgan fingerprint density at radius 3 is 2.46 bits per heavy atom. The number of carbonyl (C=O) groups excluding carboxylic acids is 1. The predicted octanol–water partition coefficient (Wildman–Crippen LogP) is 6.22. The average Bonchev–Trinajstić information content (AvgIpc) is 3.33. The van der Waals surface area contributed by atoms with Crippen molar-refractivity contribution >= 4 is 23.9 Å². The van der Waals surface area contributed by atoms with E-state index >= 15 is 0 Å². The largest absolute Gasteiger partial charge is 0.507 e. The number of benzene rings is 3. The monoisotopic (exact) mass is 539 g/mol. The van der Waals surface area contributed by atoms with E-state index in [4.69, 9.17) is 0 Å². The highest BCUT2D eigenvalue weighted by Gasteiger charge is 2.19. The maximum atomic E-state index is 12.6. The van der Waals surface area contributed by atoms with Crippen LogP contribution in [0.2, 0.25) is 0 Å². The van der Waals surface area contributed by atoms with Gasteiger partial charge in [-0.15, -0.1) is 16.8 Å². The second kappa shape index (κ2) is 12.1. The Morgan fingerprint density at radius 1 is 1.08 bits per heavy atom. The number of aromatic hydroxyl groups is 1. The number of aromatic nitrogens is 3. The lowest BCUT2D eigenvalue weighted by Gasteiger charge is -2.19. The topological polar surface area (TPSA) is 92.4 Å². The number of nitrogens with one attached hydrogen (secondary N) is 1. The van der Waals surface area contributed by atoms with Crippen molar-refractivity contribution in [2.75, 3.05) is 5.75 Å². The molecule has 0 aliphatic carbocycles. The SMILES string of the molecule is C=CCc1cccc(C=NNC(=O)CSc2nnc(-c3ccc(C(C)(C)C)cc3)n2-c2ccc(C)cc2)c1O. The lowest BCUT2D eigenvalue weighted by molar-refractivity contribution is -0.118. The Balaban J connectivity index is 1.52. The van der Waals surface area contributed by atoms with Crippen LogP contribution >= 0.6 is 11.8 Å². The third-order valence-corrected chi connectivity index (χ3v) is 7.10. The number of hydrazone groups is 1. The van der Waals surface area contributed by atoms with Gasteiger partial charge in [-0.05, 0) is 48.1 Å². The van der Waals surface area contributed by atoms with Crippen LogP contribution < -0.4 is 5.43 Å². The number of hydrogen-bond acceptors (Lipinski definition) is 6. The maximum Gasteiger partial charge on any atom is 0.250 e. The van der Waals surface area contributed by atoms with Gasteiger partial charge in [0.15, 0.2) is 11.0 Å². The fraction of sp³-hybridized carbons (Fsp3) is 0.226. The number of phenols is 1. The number of phenolic OH excluding ortho intramolecular Hbond substituents is 1. The zero-order valence-electron chi connectivity index (χ0n) is 22.7. The van der Waals surface area contributed by atoms with Gasteiger partial charge in [0.1, 0.15) is 5.75 Å². The number of carbonyl (C=O) groups is 1. The minimum absolute atomic E-state index is 0.0488. The van der Waals surface area contributed by atoms with Gasteiger partial charge >= 0.3 is 0 Å². The molecule has 0 bridgehead atoms. The summed E-state index contributed by atoms with van der Waals surface area (Å²) in [5, 5.41) is 23.9. The lowest BCUT2D eigenvalue weighted by atomic mass is 9.87. The Morgan fingerprint density at radius 2 is 1.79 bits per heavy atom. The molecule has 0 atom stereocenters. The summed E-state index contributed by atoms with van der Waals surface area (Å²) in [7, 11) is 0. The van der Waals surface area contributed by atoms with Crippen molar-refractivity contribution in [3.05, 3.63) is 102 Å². The lowest BCUT2D eigenvalue weighted by Crippen LogP contribution is -2.20. The zero-order valence-corrected chi connectivity index (χ0v) is 23.5. The molecule has 39 heavy (non-hydrogen) atoms. The highest BCUT2D eigenvalue weighted by atomic mass is 32.2. The number of nitrogens with zero attached hydrogens (tertiary/aromatic N) is 4. The molecule has 1 heterocycles. The van der Waals surface area contributed by atoms with E-state index in [-0.39, 0.29) is 22.8 Å². The summed E-state index contributed by atoms with van der Waals surface area (Å²) in [6.45, 7) is 12.3. The van der Waals surface area contributed by atoms with Crippen molar-refractivity contribution in [3.8, 4) is 22.8 Å². The summed E-state index contributed by atoms with van der Waals surface area (Å²) in [6.07, 6.45) is 3.69. The zero-order chi connectivity index (χ0) is 28.0.